The Morgan fingerprint density at radius 3 is 2.72 bits per heavy atom. The number of rotatable bonds is 7. The number of hydrogen-bond donors (Lipinski definition) is 4. The van der Waals surface area contributed by atoms with Gasteiger partial charge in [0.05, 0.1) is 12.7 Å². The van der Waals surface area contributed by atoms with E-state index in [9.17, 15) is 9.59 Å². The molecule has 0 unspecified atom stereocenters. The first-order valence-electron chi connectivity index (χ1n) is 5.48. The van der Waals surface area contributed by atoms with Gasteiger partial charge in [-0.1, -0.05) is 5.21 Å². The van der Waals surface area contributed by atoms with Gasteiger partial charge in [0.2, 0.25) is 0 Å². The Morgan fingerprint density at radius 2 is 2.11 bits per heavy atom. The van der Waals surface area contributed by atoms with Crippen LogP contribution in [0.5, 0.6) is 0 Å². The number of carboxylic acids is 1. The summed E-state index contributed by atoms with van der Waals surface area (Å²) in [4.78, 5) is 21.8. The lowest BCUT2D eigenvalue weighted by Gasteiger charge is -2.06. The van der Waals surface area contributed by atoms with Crippen LogP contribution in [0.15, 0.2) is 6.20 Å². The fourth-order valence-corrected chi connectivity index (χ4v) is 1.16. The number of urea groups is 1. The van der Waals surface area contributed by atoms with Crippen molar-refractivity contribution in [1.29, 1.82) is 0 Å². The van der Waals surface area contributed by atoms with Crippen LogP contribution >= 0.6 is 0 Å². The Labute approximate surface area is 103 Å². The average Bonchev–Trinajstić information content (AvgIpc) is 2.78. The van der Waals surface area contributed by atoms with Gasteiger partial charge in [-0.15, -0.1) is 5.10 Å². The molecule has 0 radical (unpaired) electrons. The second-order valence-electron chi connectivity index (χ2n) is 3.50. The van der Waals surface area contributed by atoms with E-state index in [1.807, 2.05) is 0 Å². The molecule has 1 aromatic rings. The highest BCUT2D eigenvalue weighted by atomic mass is 16.4. The molecule has 2 amide bonds. The third-order valence-electron chi connectivity index (χ3n) is 2.05. The quantitative estimate of drug-likeness (QED) is 0.444. The highest BCUT2D eigenvalue weighted by Gasteiger charge is 2.07. The van der Waals surface area contributed by atoms with Crippen molar-refractivity contribution in [2.75, 3.05) is 19.6 Å². The van der Waals surface area contributed by atoms with Crippen LogP contribution in [0, 0.1) is 0 Å². The summed E-state index contributed by atoms with van der Waals surface area (Å²) in [5.41, 5.74) is 5.16. The Bertz CT molecular complexity index is 405. The van der Waals surface area contributed by atoms with E-state index in [2.05, 4.69) is 20.9 Å². The van der Waals surface area contributed by atoms with Crippen molar-refractivity contribution in [2.24, 2.45) is 5.73 Å². The van der Waals surface area contributed by atoms with Crippen LogP contribution < -0.4 is 16.4 Å². The van der Waals surface area contributed by atoms with Crippen LogP contribution in [0.3, 0.4) is 0 Å². The highest BCUT2D eigenvalue weighted by molar-refractivity contribution is 5.84. The van der Waals surface area contributed by atoms with E-state index in [1.54, 1.807) is 0 Å². The summed E-state index contributed by atoms with van der Waals surface area (Å²) in [7, 11) is 0. The van der Waals surface area contributed by atoms with Crippen molar-refractivity contribution >= 4 is 12.0 Å². The second-order valence-corrected chi connectivity index (χ2v) is 3.50. The van der Waals surface area contributed by atoms with E-state index in [1.165, 1.54) is 10.9 Å². The van der Waals surface area contributed by atoms with Crippen molar-refractivity contribution < 1.29 is 14.7 Å². The summed E-state index contributed by atoms with van der Waals surface area (Å²) in [6.45, 7) is 1.73. The summed E-state index contributed by atoms with van der Waals surface area (Å²) in [5, 5.41) is 20.9. The molecule has 0 aliphatic heterocycles. The van der Waals surface area contributed by atoms with Crippen LogP contribution in [-0.4, -0.2) is 51.7 Å². The summed E-state index contributed by atoms with van der Waals surface area (Å²) in [6.07, 6.45) is 2.02. The van der Waals surface area contributed by atoms with Crippen molar-refractivity contribution in [3.63, 3.8) is 0 Å². The molecule has 18 heavy (non-hydrogen) atoms. The van der Waals surface area contributed by atoms with Crippen LogP contribution in [0.1, 0.15) is 16.9 Å². The number of aromatic carboxylic acids is 1. The molecule has 1 aromatic heterocycles. The topological polar surface area (TPSA) is 135 Å². The summed E-state index contributed by atoms with van der Waals surface area (Å²) < 4.78 is 1.35. The molecule has 9 heteroatoms. The number of hydrogen-bond acceptors (Lipinski definition) is 5. The van der Waals surface area contributed by atoms with Gasteiger partial charge in [0.15, 0.2) is 5.69 Å². The van der Waals surface area contributed by atoms with Crippen LogP contribution in [0.25, 0.3) is 0 Å². The fourth-order valence-electron chi connectivity index (χ4n) is 1.16. The first kappa shape index (κ1) is 13.9. The van der Waals surface area contributed by atoms with Crippen LogP contribution in [0.4, 0.5) is 4.79 Å². The Balaban J connectivity index is 2.20. The number of amides is 2. The van der Waals surface area contributed by atoms with Gasteiger partial charge in [-0.2, -0.15) is 0 Å². The zero-order valence-electron chi connectivity index (χ0n) is 9.80. The minimum atomic E-state index is -1.13. The van der Waals surface area contributed by atoms with E-state index >= 15 is 0 Å². The highest BCUT2D eigenvalue weighted by Crippen LogP contribution is 1.91. The molecule has 1 heterocycles. The van der Waals surface area contributed by atoms with Gasteiger partial charge in [-0.05, 0) is 13.0 Å². The van der Waals surface area contributed by atoms with Crippen LogP contribution in [0.2, 0.25) is 0 Å². The average molecular weight is 256 g/mol. The number of carbonyl (C=O) groups is 2. The van der Waals surface area contributed by atoms with Gasteiger partial charge < -0.3 is 21.5 Å². The summed E-state index contributed by atoms with van der Waals surface area (Å²) in [6, 6.07) is -0.290. The Kier molecular flexibility index (Phi) is 5.58. The first-order chi connectivity index (χ1) is 8.63. The van der Waals surface area contributed by atoms with Crippen LogP contribution in [-0.2, 0) is 6.54 Å². The van der Waals surface area contributed by atoms with Gasteiger partial charge in [-0.3, -0.25) is 0 Å². The Morgan fingerprint density at radius 1 is 1.39 bits per heavy atom. The smallest absolute Gasteiger partial charge is 0.358 e. The lowest BCUT2D eigenvalue weighted by Crippen LogP contribution is -2.38. The minimum Gasteiger partial charge on any atom is -0.476 e. The predicted octanol–water partition coefficient (Wildman–Crippen LogP) is -1.38. The number of aromatic nitrogens is 3. The zero-order valence-corrected chi connectivity index (χ0v) is 9.80. The number of nitrogens with one attached hydrogen (secondary N) is 2. The molecular weight excluding hydrogens is 240 g/mol. The van der Waals surface area contributed by atoms with E-state index in [0.29, 0.717) is 26.2 Å². The van der Waals surface area contributed by atoms with Crippen molar-refractivity contribution in [3.8, 4) is 0 Å². The van der Waals surface area contributed by atoms with E-state index in [0.717, 1.165) is 6.42 Å². The molecule has 0 aromatic carbocycles. The molecule has 0 bridgehead atoms. The van der Waals surface area contributed by atoms with Crippen molar-refractivity contribution in [1.82, 2.24) is 25.6 Å². The van der Waals surface area contributed by atoms with E-state index < -0.39 is 5.97 Å². The molecular formula is C9H16N6O3. The number of carboxylic acid groups (broad SMARTS) is 1. The molecule has 0 spiro atoms. The second kappa shape index (κ2) is 7.22. The molecule has 0 atom stereocenters. The molecule has 100 valence electrons. The maximum Gasteiger partial charge on any atom is 0.358 e. The van der Waals surface area contributed by atoms with Gasteiger partial charge >= 0.3 is 12.0 Å². The molecule has 0 aliphatic carbocycles. The number of nitrogens with two attached hydrogens (primary N) is 1. The number of nitrogens with zero attached hydrogens (tertiary/aromatic N) is 3. The van der Waals surface area contributed by atoms with Gasteiger partial charge in [0.25, 0.3) is 0 Å². The van der Waals surface area contributed by atoms with Crippen molar-refractivity contribution in [3.05, 3.63) is 11.9 Å². The van der Waals surface area contributed by atoms with Gasteiger partial charge in [0, 0.05) is 13.1 Å². The van der Waals surface area contributed by atoms with Crippen molar-refractivity contribution in [2.45, 2.75) is 13.0 Å². The lowest BCUT2D eigenvalue weighted by atomic mass is 10.4. The molecule has 9 nitrogen and oxygen atoms in total. The van der Waals surface area contributed by atoms with Gasteiger partial charge in [0.1, 0.15) is 0 Å². The summed E-state index contributed by atoms with van der Waals surface area (Å²) >= 11 is 0. The lowest BCUT2D eigenvalue weighted by molar-refractivity contribution is 0.0690. The van der Waals surface area contributed by atoms with Gasteiger partial charge in [-0.25, -0.2) is 14.3 Å². The molecule has 1 rings (SSSR count). The standard InChI is InChI=1S/C9H16N6O3/c10-2-1-3-11-9(18)12-4-5-15-6-7(8(16)17)13-14-15/h6H,1-5,10H2,(H,16,17)(H2,11,12,18). The predicted molar refractivity (Wildman–Crippen MR) is 62.1 cm³/mol. The SMILES string of the molecule is NCCCNC(=O)NCCn1cc(C(=O)O)nn1. The molecule has 0 fully saturated rings. The van der Waals surface area contributed by atoms with E-state index in [4.69, 9.17) is 10.8 Å². The molecule has 0 saturated carbocycles. The minimum absolute atomic E-state index is 0.123. The third-order valence-corrected chi connectivity index (χ3v) is 2.05. The fraction of sp³-hybridized carbons (Fsp3) is 0.556. The maximum atomic E-state index is 11.2. The summed E-state index contributed by atoms with van der Waals surface area (Å²) in [5.74, 6) is -1.13. The molecule has 0 aliphatic rings. The molecule has 0 saturated heterocycles. The monoisotopic (exact) mass is 256 g/mol. The molecule has 5 N–H and O–H groups in total. The maximum absolute atomic E-state index is 11.2. The first-order valence-corrected chi connectivity index (χ1v) is 5.48. The zero-order chi connectivity index (χ0) is 13.4. The Hall–Kier alpha value is -2.16. The normalized spacial score (nSPS) is 10.1. The largest absolute Gasteiger partial charge is 0.476 e. The third kappa shape index (κ3) is 4.78. The number of carbonyl (C=O) groups excluding carboxylic acids is 1. The van der Waals surface area contributed by atoms with E-state index in [-0.39, 0.29) is 11.7 Å².